The van der Waals surface area contributed by atoms with E-state index in [9.17, 15) is 0 Å². The van der Waals surface area contributed by atoms with Gasteiger partial charge in [-0.05, 0) is 67.1 Å². The topological polar surface area (TPSA) is 65.1 Å². The highest BCUT2D eigenvalue weighted by atomic mass is 79.9. The normalized spacial score (nSPS) is 16.5. The van der Waals surface area contributed by atoms with E-state index in [1.165, 1.54) is 0 Å². The zero-order chi connectivity index (χ0) is 16.7. The fraction of sp³-hybridized carbons (Fsp3) is 0.333. The number of nitrogens with zero attached hydrogens (tertiary/aromatic N) is 3. The fourth-order valence-corrected chi connectivity index (χ4v) is 3.85. The minimum absolute atomic E-state index is 0.311. The highest BCUT2D eigenvalue weighted by Gasteiger charge is 2.17. The van der Waals surface area contributed by atoms with Crippen molar-refractivity contribution >= 4 is 43.6 Å². The number of piperidine rings is 1. The summed E-state index contributed by atoms with van der Waals surface area (Å²) in [6, 6.07) is 10.3. The summed E-state index contributed by atoms with van der Waals surface area (Å²) in [5, 5.41) is 14.5. The molecule has 1 aliphatic rings. The first-order valence-electron chi connectivity index (χ1n) is 8.02. The van der Waals surface area contributed by atoms with Crippen LogP contribution >= 0.6 is 15.9 Å². The Bertz CT molecular complexity index is 951. The molecule has 2 aromatic heterocycles. The van der Waals surface area contributed by atoms with E-state index in [1.54, 1.807) is 6.07 Å². The second-order valence-corrected chi connectivity index (χ2v) is 7.11. The Morgan fingerprint density at radius 2 is 2.08 bits per heavy atom. The minimum atomic E-state index is 0.311. The maximum absolute atomic E-state index is 9.02. The van der Waals surface area contributed by atoms with Gasteiger partial charge in [-0.2, -0.15) is 5.26 Å². The molecule has 0 bridgehead atoms. The summed E-state index contributed by atoms with van der Waals surface area (Å²) >= 11 is 3.59. The third kappa shape index (κ3) is 2.74. The van der Waals surface area contributed by atoms with Crippen LogP contribution in [0.2, 0.25) is 0 Å². The van der Waals surface area contributed by atoms with Crippen molar-refractivity contribution in [3.8, 4) is 6.07 Å². The molecule has 1 saturated heterocycles. The molecule has 5 nitrogen and oxygen atoms in total. The van der Waals surface area contributed by atoms with E-state index in [-0.39, 0.29) is 0 Å². The molecule has 1 aliphatic heterocycles. The molecule has 0 unspecified atom stereocenters. The van der Waals surface area contributed by atoms with Gasteiger partial charge in [0.15, 0.2) is 5.58 Å². The van der Waals surface area contributed by atoms with Crippen molar-refractivity contribution in [3.05, 3.63) is 34.5 Å². The van der Waals surface area contributed by atoms with Gasteiger partial charge in [-0.1, -0.05) is 0 Å². The van der Waals surface area contributed by atoms with Gasteiger partial charge >= 0.3 is 0 Å². The van der Waals surface area contributed by atoms with Gasteiger partial charge < -0.3 is 14.6 Å². The van der Waals surface area contributed by atoms with Crippen LogP contribution in [0.25, 0.3) is 21.9 Å². The number of furan rings is 1. The molecule has 122 valence electrons. The lowest BCUT2D eigenvalue weighted by atomic mass is 10.1. The van der Waals surface area contributed by atoms with Gasteiger partial charge in [0.1, 0.15) is 11.9 Å². The van der Waals surface area contributed by atoms with Crippen LogP contribution in [0.1, 0.15) is 18.6 Å². The van der Waals surface area contributed by atoms with Gasteiger partial charge in [0, 0.05) is 22.9 Å². The van der Waals surface area contributed by atoms with Crippen LogP contribution in [0.5, 0.6) is 0 Å². The van der Waals surface area contributed by atoms with Crippen molar-refractivity contribution in [2.75, 3.05) is 25.5 Å². The van der Waals surface area contributed by atoms with Gasteiger partial charge in [-0.15, -0.1) is 0 Å². The molecule has 0 spiro atoms. The van der Waals surface area contributed by atoms with Gasteiger partial charge in [0.2, 0.25) is 5.76 Å². The van der Waals surface area contributed by atoms with Crippen LogP contribution < -0.4 is 5.32 Å². The van der Waals surface area contributed by atoms with Crippen molar-refractivity contribution in [2.45, 2.75) is 18.9 Å². The van der Waals surface area contributed by atoms with Crippen molar-refractivity contribution in [3.63, 3.8) is 0 Å². The number of nitriles is 1. The van der Waals surface area contributed by atoms with E-state index >= 15 is 0 Å². The van der Waals surface area contributed by atoms with Crippen LogP contribution in [0.3, 0.4) is 0 Å². The molecule has 1 fully saturated rings. The Morgan fingerprint density at radius 1 is 1.29 bits per heavy atom. The third-order valence-corrected chi connectivity index (χ3v) is 5.32. The molecule has 3 aromatic rings. The maximum atomic E-state index is 9.02. The molecule has 0 amide bonds. The standard InChI is InChI=1S/C18H17BrN4O/c1-23-6-4-13(5-7-23)21-15-3-2-11-8-12-9-14(10-20)24-18(12)16(19)17(11)22-15/h2-3,8-9,13H,4-7H2,1H3,(H,21,22). The highest BCUT2D eigenvalue weighted by molar-refractivity contribution is 9.10. The molecular formula is C18H17BrN4O. The van der Waals surface area contributed by atoms with Crippen LogP contribution in [-0.4, -0.2) is 36.1 Å². The summed E-state index contributed by atoms with van der Waals surface area (Å²) in [7, 11) is 2.16. The van der Waals surface area contributed by atoms with Crippen LogP contribution in [0, 0.1) is 11.3 Å². The number of halogens is 1. The zero-order valence-electron chi connectivity index (χ0n) is 13.3. The average molecular weight is 385 g/mol. The quantitative estimate of drug-likeness (QED) is 0.719. The van der Waals surface area contributed by atoms with E-state index in [0.717, 1.165) is 52.5 Å². The number of nitrogens with one attached hydrogen (secondary N) is 1. The van der Waals surface area contributed by atoms with Gasteiger partial charge in [0.25, 0.3) is 0 Å². The van der Waals surface area contributed by atoms with E-state index in [4.69, 9.17) is 14.7 Å². The third-order valence-electron chi connectivity index (χ3n) is 4.59. The molecule has 0 atom stereocenters. The Hall–Kier alpha value is -2.10. The molecular weight excluding hydrogens is 368 g/mol. The number of pyridine rings is 1. The zero-order valence-corrected chi connectivity index (χ0v) is 14.9. The van der Waals surface area contributed by atoms with E-state index in [0.29, 0.717) is 17.4 Å². The monoisotopic (exact) mass is 384 g/mol. The fourth-order valence-electron chi connectivity index (χ4n) is 3.22. The number of aromatic nitrogens is 1. The number of hydrogen-bond acceptors (Lipinski definition) is 5. The minimum Gasteiger partial charge on any atom is -0.444 e. The Labute approximate surface area is 148 Å². The molecule has 1 aromatic carbocycles. The first kappa shape index (κ1) is 15.4. The van der Waals surface area contributed by atoms with Crippen molar-refractivity contribution < 1.29 is 4.42 Å². The molecule has 24 heavy (non-hydrogen) atoms. The second-order valence-electron chi connectivity index (χ2n) is 6.32. The number of anilines is 1. The average Bonchev–Trinajstić information content (AvgIpc) is 3.01. The first-order valence-corrected chi connectivity index (χ1v) is 8.81. The van der Waals surface area contributed by atoms with E-state index < -0.39 is 0 Å². The van der Waals surface area contributed by atoms with Crippen LogP contribution in [0.4, 0.5) is 5.82 Å². The molecule has 1 N–H and O–H groups in total. The summed E-state index contributed by atoms with van der Waals surface area (Å²) in [5.41, 5.74) is 1.52. The van der Waals surface area contributed by atoms with E-state index in [1.807, 2.05) is 18.2 Å². The molecule has 0 saturated carbocycles. The SMILES string of the molecule is CN1CCC(Nc2ccc3cc4cc(C#N)oc4c(Br)c3n2)CC1. The lowest BCUT2D eigenvalue weighted by molar-refractivity contribution is 0.263. The Morgan fingerprint density at radius 3 is 2.83 bits per heavy atom. The molecule has 0 radical (unpaired) electrons. The number of likely N-dealkylation sites (tertiary alicyclic amines) is 1. The Kier molecular flexibility index (Phi) is 3.91. The van der Waals surface area contributed by atoms with E-state index in [2.05, 4.69) is 39.3 Å². The number of fused-ring (bicyclic) bond motifs is 2. The molecule has 0 aliphatic carbocycles. The van der Waals surface area contributed by atoms with Crippen molar-refractivity contribution in [1.29, 1.82) is 5.26 Å². The highest BCUT2D eigenvalue weighted by Crippen LogP contribution is 2.34. The maximum Gasteiger partial charge on any atom is 0.204 e. The Balaban J connectivity index is 1.70. The lowest BCUT2D eigenvalue weighted by Gasteiger charge is -2.29. The summed E-state index contributed by atoms with van der Waals surface area (Å²) in [6.07, 6.45) is 2.25. The first-order chi connectivity index (χ1) is 11.6. The van der Waals surface area contributed by atoms with Gasteiger partial charge in [0.05, 0.1) is 9.99 Å². The van der Waals surface area contributed by atoms with Crippen molar-refractivity contribution in [1.82, 2.24) is 9.88 Å². The van der Waals surface area contributed by atoms with Crippen LogP contribution in [0.15, 0.2) is 33.2 Å². The number of benzene rings is 1. The summed E-state index contributed by atoms with van der Waals surface area (Å²) in [4.78, 5) is 7.11. The summed E-state index contributed by atoms with van der Waals surface area (Å²) in [5.74, 6) is 1.19. The van der Waals surface area contributed by atoms with Crippen LogP contribution in [-0.2, 0) is 0 Å². The molecule has 3 heterocycles. The molecule has 4 rings (SSSR count). The van der Waals surface area contributed by atoms with Gasteiger partial charge in [-0.3, -0.25) is 0 Å². The summed E-state index contributed by atoms with van der Waals surface area (Å²) < 4.78 is 6.38. The van der Waals surface area contributed by atoms with Crippen molar-refractivity contribution in [2.24, 2.45) is 0 Å². The number of rotatable bonds is 2. The smallest absolute Gasteiger partial charge is 0.204 e. The predicted molar refractivity (Wildman–Crippen MR) is 98.1 cm³/mol. The summed E-state index contributed by atoms with van der Waals surface area (Å²) in [6.45, 7) is 2.22. The predicted octanol–water partition coefficient (Wildman–Crippen LogP) is 4.12. The molecule has 6 heteroatoms. The number of hydrogen-bond donors (Lipinski definition) is 1. The lowest BCUT2D eigenvalue weighted by Crippen LogP contribution is -2.36. The second kappa shape index (κ2) is 6.08. The largest absolute Gasteiger partial charge is 0.444 e. The van der Waals surface area contributed by atoms with Gasteiger partial charge in [-0.25, -0.2) is 4.98 Å².